The Morgan fingerprint density at radius 2 is 1.90 bits per heavy atom. The number of aryl methyl sites for hydroxylation is 2. The number of carbonyl (C=O) groups is 2. The van der Waals surface area contributed by atoms with E-state index < -0.39 is 0 Å². The van der Waals surface area contributed by atoms with Crippen LogP contribution in [0, 0.1) is 20.4 Å². The number of imide groups is 1. The normalized spacial score (nSPS) is 15.1. The highest BCUT2D eigenvalue weighted by Crippen LogP contribution is 2.31. The first-order valence-electron chi connectivity index (χ1n) is 6.36. The van der Waals surface area contributed by atoms with E-state index in [9.17, 15) is 9.59 Å². The molecule has 0 unspecified atom stereocenters. The molecule has 0 bridgehead atoms. The van der Waals surface area contributed by atoms with Crippen molar-refractivity contribution in [3.63, 3.8) is 0 Å². The molecule has 2 heterocycles. The van der Waals surface area contributed by atoms with Gasteiger partial charge in [-0.05, 0) is 38.8 Å². The Hall–Kier alpha value is -2.48. The van der Waals surface area contributed by atoms with Crippen LogP contribution in [-0.2, 0) is 9.59 Å². The minimum absolute atomic E-state index is 0.305. The van der Waals surface area contributed by atoms with Crippen LogP contribution in [0.4, 0.5) is 11.5 Å². The lowest BCUT2D eigenvalue weighted by Gasteiger charge is -2.17. The van der Waals surface area contributed by atoms with Gasteiger partial charge < -0.3 is 0 Å². The Kier molecular flexibility index (Phi) is 3.41. The van der Waals surface area contributed by atoms with E-state index in [1.165, 1.54) is 0 Å². The maximum absolute atomic E-state index is 12.3. The predicted octanol–water partition coefficient (Wildman–Crippen LogP) is 2.85. The largest absolute Gasteiger partial charge is 0.269 e. The summed E-state index contributed by atoms with van der Waals surface area (Å²) in [7, 11) is 0. The standard InChI is InChI=1S/C15H15N3O2/c1-6-11-9(3)14(19)18(15(11)20)13-8(2)7-12(16-5)10(4)17-13/h7H,6H2,1-4H3. The van der Waals surface area contributed by atoms with Gasteiger partial charge in [0.25, 0.3) is 11.8 Å². The lowest BCUT2D eigenvalue weighted by Crippen LogP contribution is -2.33. The molecule has 2 rings (SSSR count). The minimum atomic E-state index is -0.322. The van der Waals surface area contributed by atoms with Crippen molar-refractivity contribution in [3.8, 4) is 0 Å². The molecule has 1 aliphatic heterocycles. The van der Waals surface area contributed by atoms with Crippen molar-refractivity contribution >= 4 is 23.3 Å². The van der Waals surface area contributed by atoms with Gasteiger partial charge in [-0.3, -0.25) is 9.59 Å². The molecule has 0 atom stereocenters. The third-order valence-electron chi connectivity index (χ3n) is 3.47. The lowest BCUT2D eigenvalue weighted by molar-refractivity contribution is -0.120. The Labute approximate surface area is 117 Å². The first-order valence-corrected chi connectivity index (χ1v) is 6.36. The molecule has 2 amide bonds. The smallest absolute Gasteiger partial charge is 0.262 e. The second kappa shape index (κ2) is 4.89. The molecule has 0 aromatic carbocycles. The second-order valence-electron chi connectivity index (χ2n) is 4.75. The molecule has 0 spiro atoms. The zero-order valence-electron chi connectivity index (χ0n) is 11.9. The molecule has 1 aromatic heterocycles. The molecule has 5 nitrogen and oxygen atoms in total. The van der Waals surface area contributed by atoms with Gasteiger partial charge in [-0.15, -0.1) is 0 Å². The van der Waals surface area contributed by atoms with Crippen LogP contribution in [0.3, 0.4) is 0 Å². The first kappa shape index (κ1) is 13.9. The average Bonchev–Trinajstić information content (AvgIpc) is 2.63. The molecule has 102 valence electrons. The van der Waals surface area contributed by atoms with Gasteiger partial charge in [0.1, 0.15) is 5.82 Å². The molecular weight excluding hydrogens is 254 g/mol. The quantitative estimate of drug-likeness (QED) is 0.612. The van der Waals surface area contributed by atoms with Crippen LogP contribution >= 0.6 is 0 Å². The van der Waals surface area contributed by atoms with E-state index in [1.807, 2.05) is 6.92 Å². The van der Waals surface area contributed by atoms with Gasteiger partial charge in [0.05, 0.1) is 6.57 Å². The van der Waals surface area contributed by atoms with Crippen molar-refractivity contribution in [2.45, 2.75) is 34.1 Å². The highest BCUT2D eigenvalue weighted by Gasteiger charge is 2.37. The third-order valence-corrected chi connectivity index (χ3v) is 3.47. The van der Waals surface area contributed by atoms with Crippen molar-refractivity contribution < 1.29 is 9.59 Å². The zero-order chi connectivity index (χ0) is 15.0. The van der Waals surface area contributed by atoms with Crippen molar-refractivity contribution in [3.05, 3.63) is 39.9 Å². The van der Waals surface area contributed by atoms with Crippen molar-refractivity contribution in [2.75, 3.05) is 4.90 Å². The summed E-state index contributed by atoms with van der Waals surface area (Å²) < 4.78 is 0. The number of rotatable bonds is 2. The number of aromatic nitrogens is 1. The van der Waals surface area contributed by atoms with E-state index in [4.69, 9.17) is 6.57 Å². The molecule has 1 aromatic rings. The van der Waals surface area contributed by atoms with Gasteiger partial charge in [0, 0.05) is 16.8 Å². The van der Waals surface area contributed by atoms with Crippen molar-refractivity contribution in [1.29, 1.82) is 0 Å². The fourth-order valence-corrected chi connectivity index (χ4v) is 2.31. The van der Waals surface area contributed by atoms with Crippen molar-refractivity contribution in [1.82, 2.24) is 4.98 Å². The monoisotopic (exact) mass is 269 g/mol. The third kappa shape index (κ3) is 1.90. The molecule has 0 saturated carbocycles. The fourth-order valence-electron chi connectivity index (χ4n) is 2.31. The van der Waals surface area contributed by atoms with Crippen LogP contribution < -0.4 is 4.90 Å². The van der Waals surface area contributed by atoms with Crippen LogP contribution in [0.5, 0.6) is 0 Å². The Balaban J connectivity index is 2.56. The summed E-state index contributed by atoms with van der Waals surface area (Å²) in [5.41, 5.74) is 2.61. The number of anilines is 1. The molecule has 20 heavy (non-hydrogen) atoms. The second-order valence-corrected chi connectivity index (χ2v) is 4.75. The van der Waals surface area contributed by atoms with E-state index >= 15 is 0 Å². The number of hydrogen-bond donors (Lipinski definition) is 0. The van der Waals surface area contributed by atoms with Gasteiger partial charge in [-0.25, -0.2) is 14.7 Å². The van der Waals surface area contributed by atoms with Crippen LogP contribution in [0.15, 0.2) is 17.2 Å². The zero-order valence-corrected chi connectivity index (χ0v) is 11.9. The Bertz CT molecular complexity index is 696. The average molecular weight is 269 g/mol. The molecule has 1 aliphatic rings. The van der Waals surface area contributed by atoms with E-state index in [1.54, 1.807) is 26.8 Å². The molecule has 0 N–H and O–H groups in total. The lowest BCUT2D eigenvalue weighted by atomic mass is 10.1. The maximum Gasteiger partial charge on any atom is 0.262 e. The Morgan fingerprint density at radius 3 is 2.40 bits per heavy atom. The van der Waals surface area contributed by atoms with Crippen molar-refractivity contribution in [2.24, 2.45) is 0 Å². The molecule has 0 aliphatic carbocycles. The van der Waals surface area contributed by atoms with E-state index in [0.29, 0.717) is 40.3 Å². The molecular formula is C15H15N3O2. The van der Waals surface area contributed by atoms with Gasteiger partial charge in [0.2, 0.25) is 5.69 Å². The summed E-state index contributed by atoms with van der Waals surface area (Å²) in [4.78, 5) is 33.3. The van der Waals surface area contributed by atoms with Gasteiger partial charge in [0.15, 0.2) is 0 Å². The van der Waals surface area contributed by atoms with Crippen LogP contribution in [-0.4, -0.2) is 16.8 Å². The SMILES string of the molecule is [C-]#[N+]c1cc(C)c(N2C(=O)C(C)=C(CC)C2=O)nc1C. The Morgan fingerprint density at radius 1 is 1.25 bits per heavy atom. The summed E-state index contributed by atoms with van der Waals surface area (Å²) in [6.07, 6.45) is 0.519. The number of pyridine rings is 1. The molecule has 0 radical (unpaired) electrons. The number of amides is 2. The minimum Gasteiger partial charge on any atom is -0.269 e. The highest BCUT2D eigenvalue weighted by atomic mass is 16.2. The predicted molar refractivity (Wildman–Crippen MR) is 75.5 cm³/mol. The first-order chi connectivity index (χ1) is 9.42. The van der Waals surface area contributed by atoms with E-state index in [-0.39, 0.29) is 11.8 Å². The number of nitrogens with zero attached hydrogens (tertiary/aromatic N) is 3. The van der Waals surface area contributed by atoms with Gasteiger partial charge >= 0.3 is 0 Å². The molecule has 0 fully saturated rings. The summed E-state index contributed by atoms with van der Waals surface area (Å²) in [5, 5.41) is 0. The summed E-state index contributed by atoms with van der Waals surface area (Å²) >= 11 is 0. The molecule has 5 heteroatoms. The summed E-state index contributed by atoms with van der Waals surface area (Å²) in [5.74, 6) is -0.300. The maximum atomic E-state index is 12.3. The number of hydrogen-bond acceptors (Lipinski definition) is 3. The van der Waals surface area contributed by atoms with Gasteiger partial charge in [-0.2, -0.15) is 0 Å². The molecule has 0 saturated heterocycles. The van der Waals surface area contributed by atoms with Gasteiger partial charge in [-0.1, -0.05) is 6.92 Å². The number of carbonyl (C=O) groups excluding carboxylic acids is 2. The summed E-state index contributed by atoms with van der Waals surface area (Å²) in [6, 6.07) is 1.66. The highest BCUT2D eigenvalue weighted by molar-refractivity contribution is 6.32. The van der Waals surface area contributed by atoms with Crippen LogP contribution in [0.2, 0.25) is 0 Å². The van der Waals surface area contributed by atoms with Crippen LogP contribution in [0.25, 0.3) is 4.85 Å². The topological polar surface area (TPSA) is 54.6 Å². The van der Waals surface area contributed by atoms with E-state index in [2.05, 4.69) is 9.83 Å². The summed E-state index contributed by atoms with van der Waals surface area (Å²) in [6.45, 7) is 14.0. The van der Waals surface area contributed by atoms with Crippen LogP contribution in [0.1, 0.15) is 31.5 Å². The van der Waals surface area contributed by atoms with E-state index in [0.717, 1.165) is 4.90 Å². The fraction of sp³-hybridized carbons (Fsp3) is 0.333.